The molecular formula is C12H15F2NO2S. The number of hydrogen-bond acceptors (Lipinski definition) is 3. The maximum Gasteiger partial charge on any atom is 0.181 e. The molecule has 0 aromatic heterocycles. The van der Waals surface area contributed by atoms with Gasteiger partial charge in [-0.25, -0.2) is 17.2 Å². The number of nitrogens with one attached hydrogen (secondary N) is 1. The Bertz CT molecular complexity index is 527. The lowest BCUT2D eigenvalue weighted by atomic mass is 10.3. The fraction of sp³-hybridized carbons (Fsp3) is 0.500. The summed E-state index contributed by atoms with van der Waals surface area (Å²) in [5.74, 6) is -1.81. The van der Waals surface area contributed by atoms with E-state index in [1.54, 1.807) is 0 Å². The summed E-state index contributed by atoms with van der Waals surface area (Å²) in [6, 6.07) is 2.99. The molecule has 1 aliphatic carbocycles. The minimum Gasteiger partial charge on any atom is -0.314 e. The first-order chi connectivity index (χ1) is 8.49. The average molecular weight is 275 g/mol. The third-order valence-corrected chi connectivity index (χ3v) is 4.64. The van der Waals surface area contributed by atoms with E-state index < -0.39 is 26.4 Å². The van der Waals surface area contributed by atoms with Crippen LogP contribution in [0.5, 0.6) is 0 Å². The predicted octanol–water partition coefficient (Wildman–Crippen LogP) is 1.88. The van der Waals surface area contributed by atoms with Gasteiger partial charge in [-0.2, -0.15) is 0 Å². The zero-order chi connectivity index (χ0) is 13.2. The summed E-state index contributed by atoms with van der Waals surface area (Å²) in [6.45, 7) is 0.584. The highest BCUT2D eigenvalue weighted by molar-refractivity contribution is 7.91. The highest BCUT2D eigenvalue weighted by Gasteiger charge is 2.22. The Kier molecular flexibility index (Phi) is 3.97. The standard InChI is InChI=1S/C12H15F2NO2S/c13-9-2-5-11(14)12(8-9)18(16,17)7-1-6-15-10-3-4-10/h2,5,8,10,15H,1,3-4,6-7H2. The number of benzene rings is 1. The van der Waals surface area contributed by atoms with E-state index in [0.29, 0.717) is 19.0 Å². The van der Waals surface area contributed by atoms with E-state index in [1.807, 2.05) is 0 Å². The van der Waals surface area contributed by atoms with Gasteiger partial charge in [-0.1, -0.05) is 0 Å². The summed E-state index contributed by atoms with van der Waals surface area (Å²) in [6.07, 6.45) is 2.66. The molecule has 3 nitrogen and oxygen atoms in total. The Morgan fingerprint density at radius 2 is 2.00 bits per heavy atom. The van der Waals surface area contributed by atoms with Gasteiger partial charge < -0.3 is 5.32 Å². The molecule has 6 heteroatoms. The van der Waals surface area contributed by atoms with Crippen LogP contribution in [0.1, 0.15) is 19.3 Å². The van der Waals surface area contributed by atoms with Gasteiger partial charge in [0.2, 0.25) is 0 Å². The molecule has 1 fully saturated rings. The van der Waals surface area contributed by atoms with Gasteiger partial charge in [-0.3, -0.25) is 0 Å². The summed E-state index contributed by atoms with van der Waals surface area (Å²) < 4.78 is 49.9. The van der Waals surface area contributed by atoms with Gasteiger partial charge in [0.25, 0.3) is 0 Å². The third-order valence-electron chi connectivity index (χ3n) is 2.83. The van der Waals surface area contributed by atoms with Crippen LogP contribution in [-0.4, -0.2) is 26.8 Å². The number of hydrogen-bond donors (Lipinski definition) is 1. The smallest absolute Gasteiger partial charge is 0.181 e. The van der Waals surface area contributed by atoms with Crippen LogP contribution in [-0.2, 0) is 9.84 Å². The lowest BCUT2D eigenvalue weighted by Gasteiger charge is -2.06. The lowest BCUT2D eigenvalue weighted by molar-refractivity contribution is 0.550. The van der Waals surface area contributed by atoms with Crippen LogP contribution in [0.25, 0.3) is 0 Å². The van der Waals surface area contributed by atoms with E-state index in [0.717, 1.165) is 31.0 Å². The Morgan fingerprint density at radius 1 is 1.28 bits per heavy atom. The van der Waals surface area contributed by atoms with Crippen molar-refractivity contribution >= 4 is 9.84 Å². The Hall–Kier alpha value is -1.01. The molecule has 0 bridgehead atoms. The minimum atomic E-state index is -3.75. The van der Waals surface area contributed by atoms with Gasteiger partial charge in [0.05, 0.1) is 5.75 Å². The van der Waals surface area contributed by atoms with Crippen LogP contribution in [0.2, 0.25) is 0 Å². The molecule has 1 aromatic carbocycles. The molecule has 0 unspecified atom stereocenters. The minimum absolute atomic E-state index is 0.174. The maximum atomic E-state index is 13.4. The van der Waals surface area contributed by atoms with Crippen LogP contribution in [0.3, 0.4) is 0 Å². The number of rotatable bonds is 6. The van der Waals surface area contributed by atoms with E-state index in [4.69, 9.17) is 0 Å². The van der Waals surface area contributed by atoms with Crippen molar-refractivity contribution in [1.82, 2.24) is 5.32 Å². The number of sulfone groups is 1. The highest BCUT2D eigenvalue weighted by atomic mass is 32.2. The molecule has 0 spiro atoms. The molecule has 1 saturated carbocycles. The molecule has 1 N–H and O–H groups in total. The fourth-order valence-electron chi connectivity index (χ4n) is 1.68. The fourth-order valence-corrected chi connectivity index (χ4v) is 3.08. The highest BCUT2D eigenvalue weighted by Crippen LogP contribution is 2.19. The summed E-state index contributed by atoms with van der Waals surface area (Å²) in [7, 11) is -3.75. The zero-order valence-electron chi connectivity index (χ0n) is 9.83. The van der Waals surface area contributed by atoms with Crippen LogP contribution in [0.15, 0.2) is 23.1 Å². The second-order valence-corrected chi connectivity index (χ2v) is 6.55. The molecule has 2 rings (SSSR count). The summed E-state index contributed by atoms with van der Waals surface area (Å²) in [4.78, 5) is -0.547. The van der Waals surface area contributed by atoms with Crippen molar-refractivity contribution in [2.45, 2.75) is 30.2 Å². The molecule has 18 heavy (non-hydrogen) atoms. The third kappa shape index (κ3) is 3.49. The van der Waals surface area contributed by atoms with Crippen LogP contribution in [0, 0.1) is 11.6 Å². The second kappa shape index (κ2) is 5.32. The normalized spacial score (nSPS) is 15.9. The van der Waals surface area contributed by atoms with E-state index in [1.165, 1.54) is 0 Å². The van der Waals surface area contributed by atoms with Crippen molar-refractivity contribution in [2.75, 3.05) is 12.3 Å². The van der Waals surface area contributed by atoms with Gasteiger partial charge in [-0.05, 0) is 44.0 Å². The Morgan fingerprint density at radius 3 is 2.67 bits per heavy atom. The van der Waals surface area contributed by atoms with Gasteiger partial charge in [0.1, 0.15) is 16.5 Å². The first-order valence-electron chi connectivity index (χ1n) is 5.90. The summed E-state index contributed by atoms with van der Waals surface area (Å²) >= 11 is 0. The first kappa shape index (κ1) is 13.4. The molecule has 0 atom stereocenters. The summed E-state index contributed by atoms with van der Waals surface area (Å²) in [5, 5.41) is 3.17. The molecular weight excluding hydrogens is 260 g/mol. The molecule has 0 heterocycles. The van der Waals surface area contributed by atoms with Crippen molar-refractivity contribution in [3.05, 3.63) is 29.8 Å². The second-order valence-electron chi connectivity index (χ2n) is 4.48. The maximum absolute atomic E-state index is 13.4. The topological polar surface area (TPSA) is 46.2 Å². The molecule has 1 aliphatic rings. The lowest BCUT2D eigenvalue weighted by Crippen LogP contribution is -2.20. The largest absolute Gasteiger partial charge is 0.314 e. The van der Waals surface area contributed by atoms with E-state index in [2.05, 4.69) is 5.32 Å². The Labute approximate surface area is 105 Å². The van der Waals surface area contributed by atoms with E-state index in [9.17, 15) is 17.2 Å². The SMILES string of the molecule is O=S(=O)(CCCNC1CC1)c1cc(F)ccc1F. The van der Waals surface area contributed by atoms with Gasteiger partial charge >= 0.3 is 0 Å². The van der Waals surface area contributed by atoms with Gasteiger partial charge in [0.15, 0.2) is 9.84 Å². The molecule has 100 valence electrons. The van der Waals surface area contributed by atoms with Crippen molar-refractivity contribution in [3.63, 3.8) is 0 Å². The monoisotopic (exact) mass is 275 g/mol. The van der Waals surface area contributed by atoms with Crippen molar-refractivity contribution in [3.8, 4) is 0 Å². The predicted molar refractivity (Wildman–Crippen MR) is 64.1 cm³/mol. The molecule has 0 aliphatic heterocycles. The Balaban J connectivity index is 1.97. The molecule has 0 saturated heterocycles. The van der Waals surface area contributed by atoms with Crippen molar-refractivity contribution < 1.29 is 17.2 Å². The molecule has 1 aromatic rings. The van der Waals surface area contributed by atoms with Crippen LogP contribution in [0.4, 0.5) is 8.78 Å². The van der Waals surface area contributed by atoms with Crippen molar-refractivity contribution in [1.29, 1.82) is 0 Å². The van der Waals surface area contributed by atoms with Crippen LogP contribution >= 0.6 is 0 Å². The quantitative estimate of drug-likeness (QED) is 0.806. The van der Waals surface area contributed by atoms with Gasteiger partial charge in [0, 0.05) is 6.04 Å². The molecule has 0 amide bonds. The first-order valence-corrected chi connectivity index (χ1v) is 7.55. The molecule has 0 radical (unpaired) electrons. The number of halogens is 2. The summed E-state index contributed by atoms with van der Waals surface area (Å²) in [5.41, 5.74) is 0. The van der Waals surface area contributed by atoms with Crippen LogP contribution < -0.4 is 5.32 Å². The zero-order valence-corrected chi connectivity index (χ0v) is 10.6. The average Bonchev–Trinajstić information content (AvgIpc) is 3.12. The van der Waals surface area contributed by atoms with Crippen molar-refractivity contribution in [2.24, 2.45) is 0 Å². The van der Waals surface area contributed by atoms with E-state index >= 15 is 0 Å². The van der Waals surface area contributed by atoms with Gasteiger partial charge in [-0.15, -0.1) is 0 Å². The van der Waals surface area contributed by atoms with E-state index in [-0.39, 0.29) is 5.75 Å².